The summed E-state index contributed by atoms with van der Waals surface area (Å²) >= 11 is 6.38. The van der Waals surface area contributed by atoms with Gasteiger partial charge in [-0.05, 0) is 54.5 Å². The van der Waals surface area contributed by atoms with Crippen molar-refractivity contribution in [2.75, 3.05) is 31.1 Å². The number of aromatic hydroxyl groups is 1. The molecule has 1 saturated heterocycles. The molecule has 156 valence electrons. The normalized spacial score (nSPS) is 13.8. The Bertz CT molecular complexity index is 1240. The quantitative estimate of drug-likeness (QED) is 0.625. The maximum absolute atomic E-state index is 11.9. The summed E-state index contributed by atoms with van der Waals surface area (Å²) in [5, 5.41) is 21.0. The molecule has 1 amide bonds. The SMILES string of the molecule is C=CC(=O)N1CCN(c2c(C#N)cnc3cc(-c4cc(O)ccc4Cl)c(C)cc23)CC1. The Morgan fingerprint density at radius 3 is 2.65 bits per heavy atom. The van der Waals surface area contributed by atoms with Crippen LogP contribution in [0.3, 0.4) is 0 Å². The maximum Gasteiger partial charge on any atom is 0.246 e. The lowest BCUT2D eigenvalue weighted by Gasteiger charge is -2.36. The molecule has 1 aliphatic heterocycles. The molecule has 3 aromatic rings. The molecule has 0 saturated carbocycles. The van der Waals surface area contributed by atoms with Crippen LogP contribution >= 0.6 is 11.6 Å². The Morgan fingerprint density at radius 2 is 1.97 bits per heavy atom. The molecule has 2 heterocycles. The van der Waals surface area contributed by atoms with Gasteiger partial charge in [0.25, 0.3) is 0 Å². The first-order valence-corrected chi connectivity index (χ1v) is 10.3. The molecule has 0 radical (unpaired) electrons. The number of hydrogen-bond donors (Lipinski definition) is 1. The zero-order valence-electron chi connectivity index (χ0n) is 17.1. The van der Waals surface area contributed by atoms with Crippen LogP contribution in [0.1, 0.15) is 11.1 Å². The summed E-state index contributed by atoms with van der Waals surface area (Å²) in [6.45, 7) is 7.89. The number of aryl methyl sites for hydroxylation is 1. The first-order valence-electron chi connectivity index (χ1n) is 9.91. The Morgan fingerprint density at radius 1 is 1.23 bits per heavy atom. The van der Waals surface area contributed by atoms with Gasteiger partial charge in [-0.3, -0.25) is 9.78 Å². The molecule has 7 heteroatoms. The van der Waals surface area contributed by atoms with E-state index in [1.54, 1.807) is 29.3 Å². The predicted molar refractivity (Wildman–Crippen MR) is 122 cm³/mol. The molecular weight excluding hydrogens is 412 g/mol. The summed E-state index contributed by atoms with van der Waals surface area (Å²) < 4.78 is 0. The van der Waals surface area contributed by atoms with Crippen molar-refractivity contribution in [2.24, 2.45) is 0 Å². The fraction of sp³-hybridized carbons (Fsp3) is 0.208. The third-order valence-corrected chi connectivity index (χ3v) is 5.96. The standard InChI is InChI=1S/C24H21ClN4O2/c1-3-23(31)28-6-8-29(9-7-28)24-16(13-26)14-27-22-12-18(15(2)10-20(22)24)19-11-17(30)4-5-21(19)25/h3-5,10-12,14,30H,1,6-9H2,2H3. The Kier molecular flexibility index (Phi) is 5.53. The monoisotopic (exact) mass is 432 g/mol. The highest BCUT2D eigenvalue weighted by Gasteiger charge is 2.24. The molecule has 1 fully saturated rings. The van der Waals surface area contributed by atoms with E-state index in [-0.39, 0.29) is 11.7 Å². The Balaban J connectivity index is 1.80. The molecule has 0 spiro atoms. The van der Waals surface area contributed by atoms with E-state index < -0.39 is 0 Å². The van der Waals surface area contributed by atoms with Gasteiger partial charge in [0.1, 0.15) is 11.8 Å². The molecule has 0 unspecified atom stereocenters. The van der Waals surface area contributed by atoms with Gasteiger partial charge in [0.15, 0.2) is 0 Å². The fourth-order valence-electron chi connectivity index (χ4n) is 4.05. The highest BCUT2D eigenvalue weighted by molar-refractivity contribution is 6.33. The number of hydrogen-bond acceptors (Lipinski definition) is 5. The van der Waals surface area contributed by atoms with E-state index in [4.69, 9.17) is 11.6 Å². The number of aromatic nitrogens is 1. The molecular formula is C24H21ClN4O2. The zero-order chi connectivity index (χ0) is 22.1. The second kappa shape index (κ2) is 8.29. The minimum Gasteiger partial charge on any atom is -0.508 e. The molecule has 6 nitrogen and oxygen atoms in total. The number of benzene rings is 2. The average Bonchev–Trinajstić information content (AvgIpc) is 2.79. The number of nitriles is 1. The van der Waals surface area contributed by atoms with Crippen molar-refractivity contribution in [3.8, 4) is 22.9 Å². The van der Waals surface area contributed by atoms with Gasteiger partial charge in [0.2, 0.25) is 5.91 Å². The summed E-state index contributed by atoms with van der Waals surface area (Å²) in [6.07, 6.45) is 2.91. The number of piperazine rings is 1. The lowest BCUT2D eigenvalue weighted by molar-refractivity contribution is -0.126. The average molecular weight is 433 g/mol. The van der Waals surface area contributed by atoms with Crippen molar-refractivity contribution in [3.05, 3.63) is 65.3 Å². The van der Waals surface area contributed by atoms with Crippen LogP contribution in [0.25, 0.3) is 22.0 Å². The van der Waals surface area contributed by atoms with Crippen LogP contribution in [0.2, 0.25) is 5.02 Å². The number of anilines is 1. The topological polar surface area (TPSA) is 80.5 Å². The number of pyridine rings is 1. The highest BCUT2D eigenvalue weighted by atomic mass is 35.5. The Labute approximate surface area is 185 Å². The van der Waals surface area contributed by atoms with Gasteiger partial charge in [-0.25, -0.2) is 0 Å². The van der Waals surface area contributed by atoms with E-state index in [2.05, 4.69) is 22.5 Å². The molecule has 0 atom stereocenters. The molecule has 1 aliphatic rings. The summed E-state index contributed by atoms with van der Waals surface area (Å²) in [5.41, 5.74) is 4.62. The van der Waals surface area contributed by atoms with Gasteiger partial charge in [-0.1, -0.05) is 18.2 Å². The van der Waals surface area contributed by atoms with Crippen molar-refractivity contribution in [3.63, 3.8) is 0 Å². The van der Waals surface area contributed by atoms with Crippen LogP contribution in [0.4, 0.5) is 5.69 Å². The fourth-order valence-corrected chi connectivity index (χ4v) is 4.26. The number of nitrogens with zero attached hydrogens (tertiary/aromatic N) is 4. The number of phenolic OH excluding ortho intramolecular Hbond substituents is 1. The Hall–Kier alpha value is -3.56. The molecule has 31 heavy (non-hydrogen) atoms. The van der Waals surface area contributed by atoms with Crippen LogP contribution in [-0.4, -0.2) is 47.1 Å². The van der Waals surface area contributed by atoms with E-state index in [0.717, 1.165) is 33.3 Å². The van der Waals surface area contributed by atoms with Gasteiger partial charge in [0.05, 0.1) is 16.8 Å². The number of fused-ring (bicyclic) bond motifs is 1. The molecule has 1 aromatic heterocycles. The lowest BCUT2D eigenvalue weighted by Crippen LogP contribution is -2.48. The molecule has 0 bridgehead atoms. The van der Waals surface area contributed by atoms with Crippen molar-refractivity contribution in [1.29, 1.82) is 5.26 Å². The molecule has 0 aliphatic carbocycles. The molecule has 1 N–H and O–H groups in total. The zero-order valence-corrected chi connectivity index (χ0v) is 17.9. The second-order valence-electron chi connectivity index (χ2n) is 7.50. The third-order valence-electron chi connectivity index (χ3n) is 5.63. The van der Waals surface area contributed by atoms with Crippen LogP contribution in [0.5, 0.6) is 5.75 Å². The molecule has 2 aromatic carbocycles. The van der Waals surface area contributed by atoms with Crippen LogP contribution in [0, 0.1) is 18.3 Å². The number of rotatable bonds is 3. The number of phenols is 1. The van der Waals surface area contributed by atoms with Gasteiger partial charge in [-0.2, -0.15) is 5.26 Å². The first-order chi connectivity index (χ1) is 14.9. The van der Waals surface area contributed by atoms with E-state index >= 15 is 0 Å². The number of halogens is 1. The van der Waals surface area contributed by atoms with Gasteiger partial charge < -0.3 is 14.9 Å². The second-order valence-corrected chi connectivity index (χ2v) is 7.90. The van der Waals surface area contributed by atoms with Crippen molar-refractivity contribution in [1.82, 2.24) is 9.88 Å². The van der Waals surface area contributed by atoms with Crippen molar-refractivity contribution in [2.45, 2.75) is 6.92 Å². The summed E-state index contributed by atoms with van der Waals surface area (Å²) in [5.74, 6) is 0.0579. The lowest BCUT2D eigenvalue weighted by atomic mass is 9.96. The largest absolute Gasteiger partial charge is 0.508 e. The minimum atomic E-state index is -0.0804. The van der Waals surface area contributed by atoms with Crippen LogP contribution < -0.4 is 4.90 Å². The van der Waals surface area contributed by atoms with Gasteiger partial charge in [0, 0.05) is 48.3 Å². The number of amides is 1. The number of carbonyl (C=O) groups excluding carboxylic acids is 1. The van der Waals surface area contributed by atoms with Crippen molar-refractivity contribution >= 4 is 34.1 Å². The smallest absolute Gasteiger partial charge is 0.246 e. The maximum atomic E-state index is 11.9. The van der Waals surface area contributed by atoms with Crippen LogP contribution in [-0.2, 0) is 4.79 Å². The van der Waals surface area contributed by atoms with E-state index in [9.17, 15) is 15.2 Å². The summed E-state index contributed by atoms with van der Waals surface area (Å²) in [7, 11) is 0. The first kappa shape index (κ1) is 20.7. The third kappa shape index (κ3) is 3.80. The van der Waals surface area contributed by atoms with E-state index in [1.165, 1.54) is 6.08 Å². The predicted octanol–water partition coefficient (Wildman–Crippen LogP) is 4.28. The molecule has 4 rings (SSSR count). The number of carbonyl (C=O) groups is 1. The van der Waals surface area contributed by atoms with Crippen LogP contribution in [0.15, 0.2) is 49.2 Å². The minimum absolute atomic E-state index is 0.0804. The highest BCUT2D eigenvalue weighted by Crippen LogP contribution is 2.38. The van der Waals surface area contributed by atoms with Gasteiger partial charge in [-0.15, -0.1) is 0 Å². The summed E-state index contributed by atoms with van der Waals surface area (Å²) in [4.78, 5) is 20.3. The summed E-state index contributed by atoms with van der Waals surface area (Å²) in [6, 6.07) is 11.1. The van der Waals surface area contributed by atoms with Crippen molar-refractivity contribution < 1.29 is 9.90 Å². The van der Waals surface area contributed by atoms with E-state index in [1.807, 2.05) is 19.1 Å². The van der Waals surface area contributed by atoms with E-state index in [0.29, 0.717) is 36.8 Å². The van der Waals surface area contributed by atoms with Gasteiger partial charge >= 0.3 is 0 Å².